The maximum Gasteiger partial charge on any atom is 0.157 e. The average molecular weight is 182 g/mol. The molecule has 0 bridgehead atoms. The Bertz CT molecular complexity index is 184. The minimum Gasteiger partial charge on any atom is -0.381 e. The van der Waals surface area contributed by atoms with Gasteiger partial charge in [0, 0.05) is 12.8 Å². The van der Waals surface area contributed by atoms with Gasteiger partial charge in [-0.05, 0) is 12.2 Å². The van der Waals surface area contributed by atoms with Crippen molar-refractivity contribution >= 4 is 11.6 Å². The van der Waals surface area contributed by atoms with Gasteiger partial charge in [0.25, 0.3) is 0 Å². The van der Waals surface area contributed by atoms with Crippen molar-refractivity contribution in [3.63, 3.8) is 0 Å². The summed E-state index contributed by atoms with van der Waals surface area (Å²) < 4.78 is 5.04. The zero-order valence-electron chi connectivity index (χ0n) is 7.62. The Hall–Kier alpha value is -1.22. The highest BCUT2D eigenvalue weighted by Gasteiger charge is 1.97. The molecule has 0 aromatic heterocycles. The van der Waals surface area contributed by atoms with Crippen molar-refractivity contribution < 1.29 is 14.3 Å². The van der Waals surface area contributed by atoms with Crippen LogP contribution in [0.15, 0.2) is 25.3 Å². The fourth-order valence-corrected chi connectivity index (χ4v) is 0.652. The van der Waals surface area contributed by atoms with Gasteiger partial charge in [-0.15, -0.1) is 0 Å². The lowest BCUT2D eigenvalue weighted by molar-refractivity contribution is -0.116. The predicted molar refractivity (Wildman–Crippen MR) is 50.5 cm³/mol. The molecular weight excluding hydrogens is 168 g/mol. The lowest BCUT2D eigenvalue weighted by Crippen LogP contribution is -2.05. The molecule has 0 aromatic carbocycles. The molecule has 0 saturated carbocycles. The molecule has 0 aliphatic rings. The largest absolute Gasteiger partial charge is 0.381 e. The summed E-state index contributed by atoms with van der Waals surface area (Å²) >= 11 is 0. The number of hydrogen-bond acceptors (Lipinski definition) is 3. The Morgan fingerprint density at radius 3 is 1.69 bits per heavy atom. The third-order valence-corrected chi connectivity index (χ3v) is 1.44. The van der Waals surface area contributed by atoms with Crippen LogP contribution in [0.2, 0.25) is 0 Å². The minimum absolute atomic E-state index is 0.0463. The van der Waals surface area contributed by atoms with Gasteiger partial charge in [-0.2, -0.15) is 0 Å². The summed E-state index contributed by atoms with van der Waals surface area (Å²) in [4.78, 5) is 21.4. The van der Waals surface area contributed by atoms with Crippen LogP contribution >= 0.6 is 0 Å². The standard InChI is InChI=1S/C10H14O3/c1-3-9(11)5-7-13-8-6-10(12)4-2/h3-4H,1-2,5-8H2. The highest BCUT2D eigenvalue weighted by atomic mass is 16.5. The highest BCUT2D eigenvalue weighted by molar-refractivity contribution is 5.89. The molecule has 0 amide bonds. The molecule has 0 aromatic rings. The van der Waals surface area contributed by atoms with Gasteiger partial charge in [0.15, 0.2) is 11.6 Å². The summed E-state index contributed by atoms with van der Waals surface area (Å²) in [5.74, 6) is -0.0925. The quantitative estimate of drug-likeness (QED) is 0.419. The van der Waals surface area contributed by atoms with Crippen molar-refractivity contribution in [3.05, 3.63) is 25.3 Å². The van der Waals surface area contributed by atoms with Gasteiger partial charge < -0.3 is 4.74 Å². The molecule has 3 nitrogen and oxygen atoms in total. The van der Waals surface area contributed by atoms with E-state index in [2.05, 4.69) is 13.2 Å². The van der Waals surface area contributed by atoms with E-state index < -0.39 is 0 Å². The van der Waals surface area contributed by atoms with Crippen molar-refractivity contribution in [3.8, 4) is 0 Å². The van der Waals surface area contributed by atoms with Gasteiger partial charge in [0.2, 0.25) is 0 Å². The molecule has 0 unspecified atom stereocenters. The van der Waals surface area contributed by atoms with Gasteiger partial charge in [-0.3, -0.25) is 9.59 Å². The van der Waals surface area contributed by atoms with Crippen molar-refractivity contribution in [2.45, 2.75) is 12.8 Å². The van der Waals surface area contributed by atoms with Gasteiger partial charge >= 0.3 is 0 Å². The molecule has 0 saturated heterocycles. The van der Waals surface area contributed by atoms with Crippen LogP contribution in [0.4, 0.5) is 0 Å². The van der Waals surface area contributed by atoms with E-state index >= 15 is 0 Å². The minimum atomic E-state index is -0.0463. The number of carbonyl (C=O) groups excluding carboxylic acids is 2. The second-order valence-electron chi connectivity index (χ2n) is 2.45. The van der Waals surface area contributed by atoms with Crippen LogP contribution in [0.25, 0.3) is 0 Å². The van der Waals surface area contributed by atoms with Crippen molar-refractivity contribution in [2.24, 2.45) is 0 Å². The first-order valence-corrected chi connectivity index (χ1v) is 4.09. The summed E-state index contributed by atoms with van der Waals surface area (Å²) in [6.45, 7) is 7.34. The molecule has 0 atom stereocenters. The lowest BCUT2D eigenvalue weighted by Gasteiger charge is -1.99. The van der Waals surface area contributed by atoms with Crippen LogP contribution in [-0.4, -0.2) is 24.8 Å². The molecular formula is C10H14O3. The number of allylic oxidation sites excluding steroid dienone is 2. The van der Waals surface area contributed by atoms with Crippen LogP contribution < -0.4 is 0 Å². The number of hydrogen-bond donors (Lipinski definition) is 0. The zero-order valence-corrected chi connectivity index (χ0v) is 7.62. The Morgan fingerprint density at radius 1 is 1.00 bits per heavy atom. The summed E-state index contributed by atoms with van der Waals surface area (Å²) in [5.41, 5.74) is 0. The molecule has 0 heterocycles. The van der Waals surface area contributed by atoms with E-state index in [0.717, 1.165) is 0 Å². The van der Waals surface area contributed by atoms with Crippen LogP contribution in [0.3, 0.4) is 0 Å². The Balaban J connectivity index is 3.26. The lowest BCUT2D eigenvalue weighted by atomic mass is 10.3. The monoisotopic (exact) mass is 182 g/mol. The zero-order chi connectivity index (χ0) is 10.1. The van der Waals surface area contributed by atoms with E-state index in [-0.39, 0.29) is 11.6 Å². The number of ether oxygens (including phenoxy) is 1. The van der Waals surface area contributed by atoms with Crippen molar-refractivity contribution in [1.29, 1.82) is 0 Å². The summed E-state index contributed by atoms with van der Waals surface area (Å²) in [5, 5.41) is 0. The SMILES string of the molecule is C=CC(=O)CCOCCC(=O)C=C. The normalized spacial score (nSPS) is 9.23. The van der Waals surface area contributed by atoms with Gasteiger partial charge in [-0.1, -0.05) is 13.2 Å². The molecule has 0 aliphatic carbocycles. The first kappa shape index (κ1) is 11.8. The second-order valence-corrected chi connectivity index (χ2v) is 2.45. The molecule has 13 heavy (non-hydrogen) atoms. The number of ketones is 2. The first-order chi connectivity index (χ1) is 6.20. The van der Waals surface area contributed by atoms with Crippen molar-refractivity contribution in [1.82, 2.24) is 0 Å². The van der Waals surface area contributed by atoms with E-state index in [1.54, 1.807) is 0 Å². The van der Waals surface area contributed by atoms with Gasteiger partial charge in [0.05, 0.1) is 13.2 Å². The van der Waals surface area contributed by atoms with E-state index in [1.165, 1.54) is 12.2 Å². The van der Waals surface area contributed by atoms with Gasteiger partial charge in [0.1, 0.15) is 0 Å². The van der Waals surface area contributed by atoms with Crippen LogP contribution in [-0.2, 0) is 14.3 Å². The average Bonchev–Trinajstić information content (AvgIpc) is 2.16. The van der Waals surface area contributed by atoms with Crippen LogP contribution in [0, 0.1) is 0 Å². The molecule has 0 rings (SSSR count). The first-order valence-electron chi connectivity index (χ1n) is 4.09. The topological polar surface area (TPSA) is 43.4 Å². The van der Waals surface area contributed by atoms with Crippen LogP contribution in [0.1, 0.15) is 12.8 Å². The number of carbonyl (C=O) groups is 2. The number of rotatable bonds is 8. The van der Waals surface area contributed by atoms with Crippen molar-refractivity contribution in [2.75, 3.05) is 13.2 Å². The van der Waals surface area contributed by atoms with Crippen LogP contribution in [0.5, 0.6) is 0 Å². The Labute approximate surface area is 78.1 Å². The molecule has 0 radical (unpaired) electrons. The summed E-state index contributed by atoms with van der Waals surface area (Å²) in [6, 6.07) is 0. The smallest absolute Gasteiger partial charge is 0.157 e. The third kappa shape index (κ3) is 7.15. The van der Waals surface area contributed by atoms with E-state index in [1.807, 2.05) is 0 Å². The molecule has 0 fully saturated rings. The predicted octanol–water partition coefficient (Wildman–Crippen LogP) is 1.29. The fraction of sp³-hybridized carbons (Fsp3) is 0.400. The maximum atomic E-state index is 10.7. The Morgan fingerprint density at radius 2 is 1.38 bits per heavy atom. The maximum absolute atomic E-state index is 10.7. The Kier molecular flexibility index (Phi) is 6.73. The molecule has 3 heteroatoms. The molecule has 0 aliphatic heterocycles. The summed E-state index contributed by atoms with van der Waals surface area (Å²) in [6.07, 6.45) is 3.17. The van der Waals surface area contributed by atoms with Gasteiger partial charge in [-0.25, -0.2) is 0 Å². The van der Waals surface area contributed by atoms with E-state index in [9.17, 15) is 9.59 Å². The molecule has 72 valence electrons. The molecule has 0 N–H and O–H groups in total. The van der Waals surface area contributed by atoms with E-state index in [0.29, 0.717) is 26.1 Å². The highest BCUT2D eigenvalue weighted by Crippen LogP contribution is 1.90. The van der Waals surface area contributed by atoms with E-state index in [4.69, 9.17) is 4.74 Å². The fourth-order valence-electron chi connectivity index (χ4n) is 0.652. The second kappa shape index (κ2) is 7.43. The molecule has 0 spiro atoms. The summed E-state index contributed by atoms with van der Waals surface area (Å²) in [7, 11) is 0. The third-order valence-electron chi connectivity index (χ3n) is 1.44.